The van der Waals surface area contributed by atoms with Gasteiger partial charge in [-0.1, -0.05) is 31.8 Å². The molecule has 9 rings (SSSR count). The zero-order valence-electron chi connectivity index (χ0n) is 44.0. The summed E-state index contributed by atoms with van der Waals surface area (Å²) in [5.74, 6) is 0.258. The number of hydrogen-bond acceptors (Lipinski definition) is 27. The number of aliphatic imine (C=N–C) groups is 3. The van der Waals surface area contributed by atoms with E-state index in [2.05, 4.69) is 90.0 Å². The number of benzene rings is 3. The predicted molar refractivity (Wildman–Crippen MR) is 286 cm³/mol. The van der Waals surface area contributed by atoms with Crippen molar-refractivity contribution in [2.45, 2.75) is 37.4 Å². The molecule has 438 valence electrons. The van der Waals surface area contributed by atoms with Crippen LogP contribution in [0.15, 0.2) is 97.0 Å². The molecule has 30 nitrogen and oxygen atoms in total. The molecule has 0 saturated heterocycles. The molecule has 4 unspecified atom stereocenters. The molecule has 6 aromatic rings. The molecule has 9 N–H and O–H groups in total. The molecule has 0 amide bonds. The predicted octanol–water partition coefficient (Wildman–Crippen LogP) is 3.91. The number of hydroxylamine groups is 3. The Bertz CT molecular complexity index is 3280. The van der Waals surface area contributed by atoms with Crippen LogP contribution >= 0.6 is 0 Å². The minimum absolute atomic E-state index is 0.0254. The van der Waals surface area contributed by atoms with Crippen molar-refractivity contribution in [2.24, 2.45) is 28.6 Å². The fraction of sp³-hybridized carbons (Fsp3) is 0.400. The van der Waals surface area contributed by atoms with Crippen molar-refractivity contribution in [3.63, 3.8) is 0 Å². The molecule has 0 bridgehead atoms. The number of rotatable bonds is 21. The lowest BCUT2D eigenvalue weighted by Crippen LogP contribution is -2.26. The molecular weight excluding hydrogens is 1140 g/mol. The summed E-state index contributed by atoms with van der Waals surface area (Å²) in [5.41, 5.74) is 11.6. The van der Waals surface area contributed by atoms with Gasteiger partial charge in [-0.05, 0) is 120 Å². The molecule has 6 atom stereocenters. The molecule has 3 aromatic heterocycles. The number of nitrogens with zero attached hydrogens (tertiary/aromatic N) is 12. The van der Waals surface area contributed by atoms with Crippen molar-refractivity contribution in [2.75, 3.05) is 92.9 Å². The van der Waals surface area contributed by atoms with Crippen LogP contribution < -0.4 is 32.4 Å². The molecule has 0 fully saturated rings. The first kappa shape index (κ1) is 60.9. The quantitative estimate of drug-likeness (QED) is 0.0280. The monoisotopic (exact) mass is 1190 g/mol. The van der Waals surface area contributed by atoms with Crippen LogP contribution in [0.5, 0.6) is 0 Å². The van der Waals surface area contributed by atoms with Crippen LogP contribution in [-0.2, 0) is 63.0 Å². The van der Waals surface area contributed by atoms with Crippen LogP contribution in [0.2, 0.25) is 0 Å². The van der Waals surface area contributed by atoms with Gasteiger partial charge in [0.1, 0.15) is 17.5 Å². The Morgan fingerprint density at radius 3 is 1.02 bits per heavy atom. The molecule has 0 spiro atoms. The second-order valence-electron chi connectivity index (χ2n) is 17.9. The van der Waals surface area contributed by atoms with Crippen molar-refractivity contribution in [3.8, 4) is 0 Å². The molecule has 3 aliphatic rings. The zero-order valence-corrected chi connectivity index (χ0v) is 46.5. The fourth-order valence-corrected chi connectivity index (χ4v) is 10.6. The van der Waals surface area contributed by atoms with Crippen molar-refractivity contribution in [3.05, 3.63) is 123 Å². The first-order valence-electron chi connectivity index (χ1n) is 24.0. The fourth-order valence-electron chi connectivity index (χ4n) is 8.03. The molecule has 81 heavy (non-hydrogen) atoms. The highest BCUT2D eigenvalue weighted by molar-refractivity contribution is 7.93. The van der Waals surface area contributed by atoms with Crippen LogP contribution in [0.1, 0.15) is 68.6 Å². The second-order valence-corrected chi connectivity index (χ2v) is 25.3. The maximum absolute atomic E-state index is 13.4. The summed E-state index contributed by atoms with van der Waals surface area (Å²) in [6.45, 7) is 0.749. The molecule has 36 heteroatoms. The van der Waals surface area contributed by atoms with Gasteiger partial charge in [0.25, 0.3) is 0 Å². The van der Waals surface area contributed by atoms with E-state index >= 15 is 0 Å². The minimum atomic E-state index is -2.49. The maximum Gasteiger partial charge on any atom is 0.202 e. The van der Waals surface area contributed by atoms with E-state index in [1.54, 1.807) is 18.2 Å². The van der Waals surface area contributed by atoms with E-state index in [1.807, 2.05) is 16.4 Å². The Morgan fingerprint density at radius 2 is 0.778 bits per heavy atom. The van der Waals surface area contributed by atoms with Gasteiger partial charge in [-0.3, -0.25) is 47.0 Å². The molecule has 3 aliphatic carbocycles. The first-order chi connectivity index (χ1) is 38.8. The summed E-state index contributed by atoms with van der Waals surface area (Å²) >= 11 is 0. The van der Waals surface area contributed by atoms with Crippen LogP contribution in [-0.4, -0.2) is 154 Å². The molecule has 0 aliphatic heterocycles. The van der Waals surface area contributed by atoms with Crippen molar-refractivity contribution in [1.82, 2.24) is 47.4 Å². The highest BCUT2D eigenvalue weighted by atomic mass is 32.2. The summed E-state index contributed by atoms with van der Waals surface area (Å²) in [5, 5.41) is 59.4. The molecule has 0 saturated carbocycles. The average Bonchev–Trinajstić information content (AvgIpc) is 4.18. The Hall–Kier alpha value is -7.71. The Labute approximate surface area is 461 Å². The highest BCUT2D eigenvalue weighted by Crippen LogP contribution is 2.39. The van der Waals surface area contributed by atoms with E-state index in [0.29, 0.717) is 19.3 Å². The second kappa shape index (κ2) is 27.6. The third-order valence-electron chi connectivity index (χ3n) is 12.0. The third-order valence-corrected chi connectivity index (χ3v) is 16.2. The summed E-state index contributed by atoms with van der Waals surface area (Å²) in [4.78, 5) is 26.8. The number of fused-ring (bicyclic) bond motifs is 3. The number of halogens is 3. The van der Waals surface area contributed by atoms with Crippen LogP contribution in [0.3, 0.4) is 0 Å². The van der Waals surface area contributed by atoms with Gasteiger partial charge in [0.2, 0.25) is 17.5 Å². The highest BCUT2D eigenvalue weighted by Gasteiger charge is 2.31. The number of hydrogen-bond donors (Lipinski definition) is 9. The normalized spacial score (nSPS) is 18.2. The van der Waals surface area contributed by atoms with Gasteiger partial charge in [0, 0.05) is 38.4 Å². The summed E-state index contributed by atoms with van der Waals surface area (Å²) in [6.07, 6.45) is 6.25. The van der Waals surface area contributed by atoms with Gasteiger partial charge in [-0.15, -0.1) is 0 Å². The van der Waals surface area contributed by atoms with Gasteiger partial charge >= 0.3 is 0 Å². The van der Waals surface area contributed by atoms with Gasteiger partial charge in [-0.2, -0.15) is 0 Å². The van der Waals surface area contributed by atoms with Gasteiger partial charge < -0.3 is 16.0 Å². The van der Waals surface area contributed by atoms with E-state index < -0.39 is 29.2 Å². The van der Waals surface area contributed by atoms with Crippen molar-refractivity contribution >= 4 is 64.1 Å². The largest absolute Gasteiger partial charge is 0.364 e. The first-order valence-corrected chi connectivity index (χ1v) is 30.2. The van der Waals surface area contributed by atoms with Crippen LogP contribution in [0.4, 0.5) is 30.6 Å². The molecule has 0 radical (unpaired) electrons. The Balaban J connectivity index is 0.000000175. The number of anilines is 3. The number of nitrogens with one attached hydrogen (secondary N) is 6. The lowest BCUT2D eigenvalue weighted by atomic mass is 9.83. The molecule has 3 heterocycles. The lowest BCUT2D eigenvalue weighted by Gasteiger charge is -2.27. The summed E-state index contributed by atoms with van der Waals surface area (Å²) < 4.78 is 101. The van der Waals surface area contributed by atoms with Gasteiger partial charge in [0.15, 0.2) is 34.6 Å². The Morgan fingerprint density at radius 1 is 0.506 bits per heavy atom. The summed E-state index contributed by atoms with van der Waals surface area (Å²) in [7, 11) is -3.49. The van der Waals surface area contributed by atoms with E-state index in [4.69, 9.17) is 13.9 Å². The van der Waals surface area contributed by atoms with Crippen molar-refractivity contribution < 1.29 is 69.8 Å². The van der Waals surface area contributed by atoms with Gasteiger partial charge in [-0.25, -0.2) is 54.2 Å². The SMILES string of the molecule is CON=S(C)(=O)CCNc1nonc1C(=NC1Cc2ccc(F)cc21)NO.CON=[S@@](C)(=O)CCNc1nonc1C(=NC1Cc2ccc(F)cc21)NO.CON=[S@](C)(=O)CCNc1nonc1C(=NC1Cc2ccc(F)cc21)NO. The topological polar surface area (TPSA) is 403 Å². The standard InChI is InChI=1S/3C15H19FN6O4S/c3*1-25-22-27(2,24)6-5-17-14-13(20-26-21-14)15(19-23)18-12-7-9-3-4-10(16)8-11(9)12/h3*3-4,8,12,23H,5-7H2,1-2H3,(H,17,21)(H,18,19)/t2*12?,27-;/m10./s1. The van der Waals surface area contributed by atoms with Crippen LogP contribution in [0.25, 0.3) is 0 Å². The van der Waals surface area contributed by atoms with E-state index in [9.17, 15) is 41.4 Å². The minimum Gasteiger partial charge on any atom is -0.364 e. The smallest absolute Gasteiger partial charge is 0.202 e. The van der Waals surface area contributed by atoms with E-state index in [1.165, 1.54) is 76.5 Å². The lowest BCUT2D eigenvalue weighted by molar-refractivity contribution is 0.218. The number of amidine groups is 3. The average molecular weight is 1200 g/mol. The van der Waals surface area contributed by atoms with Crippen LogP contribution in [0, 0.1) is 17.5 Å². The molecular formula is C45H57F3N18O12S3. The molecule has 3 aromatic carbocycles. The zero-order chi connectivity index (χ0) is 58.3. The Kier molecular flexibility index (Phi) is 20.8. The third kappa shape index (κ3) is 16.2. The van der Waals surface area contributed by atoms with E-state index in [-0.39, 0.29) is 125 Å². The van der Waals surface area contributed by atoms with Crippen molar-refractivity contribution in [1.29, 1.82) is 0 Å². The number of aromatic nitrogens is 6. The van der Waals surface area contributed by atoms with Gasteiger partial charge in [0.05, 0.1) is 85.9 Å². The van der Waals surface area contributed by atoms with E-state index in [0.717, 1.165) is 33.4 Å². The summed E-state index contributed by atoms with van der Waals surface area (Å²) in [6, 6.07) is 12.6. The maximum atomic E-state index is 13.4.